The second kappa shape index (κ2) is 4.24. The fourth-order valence-corrected chi connectivity index (χ4v) is 2.05. The number of hydrogen-bond acceptors (Lipinski definition) is 3. The van der Waals surface area contributed by atoms with Gasteiger partial charge in [-0.25, -0.2) is 0 Å². The molecule has 0 bridgehead atoms. The summed E-state index contributed by atoms with van der Waals surface area (Å²) in [7, 11) is 0. The number of carbonyl (C=O) groups is 1. The molecule has 0 aliphatic heterocycles. The van der Waals surface area contributed by atoms with E-state index < -0.39 is 0 Å². The van der Waals surface area contributed by atoms with E-state index in [4.69, 9.17) is 4.74 Å². The lowest BCUT2D eigenvalue weighted by molar-refractivity contribution is 0.0744. The van der Waals surface area contributed by atoms with Crippen molar-refractivity contribution in [1.82, 2.24) is 0 Å². The Bertz CT molecular complexity index is 326. The molecule has 0 atom stereocenters. The largest absolute Gasteiger partial charge is 0.373 e. The van der Waals surface area contributed by atoms with E-state index in [2.05, 4.69) is 0 Å². The van der Waals surface area contributed by atoms with Gasteiger partial charge >= 0.3 is 0 Å². The summed E-state index contributed by atoms with van der Waals surface area (Å²) < 4.78 is 5.34. The average molecular weight is 210 g/mol. The number of ketones is 1. The molecule has 1 aliphatic rings. The highest BCUT2D eigenvalue weighted by atomic mass is 32.1. The van der Waals surface area contributed by atoms with Gasteiger partial charge in [0.05, 0.1) is 11.5 Å². The van der Waals surface area contributed by atoms with E-state index in [9.17, 15) is 4.79 Å². The lowest BCUT2D eigenvalue weighted by Crippen LogP contribution is -2.08. The second-order valence-electron chi connectivity index (χ2n) is 3.79. The molecule has 0 saturated heterocycles. The zero-order valence-electron chi connectivity index (χ0n) is 8.29. The van der Waals surface area contributed by atoms with Crippen molar-refractivity contribution in [1.29, 1.82) is 0 Å². The van der Waals surface area contributed by atoms with E-state index in [-0.39, 0.29) is 12.4 Å². The van der Waals surface area contributed by atoms with Gasteiger partial charge < -0.3 is 4.74 Å². The molecule has 14 heavy (non-hydrogen) atoms. The van der Waals surface area contributed by atoms with Crippen LogP contribution in [0, 0.1) is 12.8 Å². The lowest BCUT2D eigenvalue weighted by Gasteiger charge is -1.99. The van der Waals surface area contributed by atoms with Gasteiger partial charge in [-0.1, -0.05) is 0 Å². The van der Waals surface area contributed by atoms with Crippen molar-refractivity contribution >= 4 is 17.1 Å². The summed E-state index contributed by atoms with van der Waals surface area (Å²) in [6.07, 6.45) is 2.54. The molecule has 1 aromatic rings. The molecule has 0 unspecified atom stereocenters. The predicted octanol–water partition coefficient (Wildman–Crippen LogP) is 2.67. The Kier molecular flexibility index (Phi) is 2.99. The number of thiophene rings is 1. The van der Waals surface area contributed by atoms with Gasteiger partial charge in [-0.15, -0.1) is 11.3 Å². The first kappa shape index (κ1) is 9.87. The summed E-state index contributed by atoms with van der Waals surface area (Å²) in [5.74, 6) is 0.844. The number of ether oxygens (including phenoxy) is 1. The topological polar surface area (TPSA) is 26.3 Å². The summed E-state index contributed by atoms with van der Waals surface area (Å²) in [6.45, 7) is 3.01. The molecular formula is C11H14O2S. The number of Topliss-reactive ketones (excluding diaryl/α,β-unsaturated/α-hetero) is 1. The van der Waals surface area contributed by atoms with Gasteiger partial charge in [0.1, 0.15) is 6.61 Å². The molecule has 76 valence electrons. The molecule has 1 fully saturated rings. The van der Waals surface area contributed by atoms with Crippen LogP contribution in [0.4, 0.5) is 0 Å². The molecule has 0 amide bonds. The Morgan fingerprint density at radius 2 is 2.36 bits per heavy atom. The van der Waals surface area contributed by atoms with Crippen molar-refractivity contribution in [2.24, 2.45) is 5.92 Å². The summed E-state index contributed by atoms with van der Waals surface area (Å²) >= 11 is 1.54. The van der Waals surface area contributed by atoms with Crippen LogP contribution in [0.5, 0.6) is 0 Å². The van der Waals surface area contributed by atoms with Crippen molar-refractivity contribution < 1.29 is 9.53 Å². The summed E-state index contributed by atoms with van der Waals surface area (Å²) in [4.78, 5) is 13.5. The third-order valence-electron chi connectivity index (χ3n) is 2.30. The molecule has 0 spiro atoms. The minimum absolute atomic E-state index is 0.115. The number of carbonyl (C=O) groups excluding carboxylic acids is 1. The maximum Gasteiger partial charge on any atom is 0.198 e. The molecule has 1 heterocycles. The van der Waals surface area contributed by atoms with Crippen LogP contribution < -0.4 is 0 Å². The van der Waals surface area contributed by atoms with Gasteiger partial charge in [0.15, 0.2) is 5.78 Å². The van der Waals surface area contributed by atoms with Gasteiger partial charge in [-0.3, -0.25) is 4.79 Å². The highest BCUT2D eigenvalue weighted by Gasteiger charge is 2.21. The van der Waals surface area contributed by atoms with Crippen LogP contribution in [0.2, 0.25) is 0 Å². The first-order chi connectivity index (χ1) is 6.75. The van der Waals surface area contributed by atoms with E-state index in [0.29, 0.717) is 0 Å². The van der Waals surface area contributed by atoms with Crippen LogP contribution in [0.1, 0.15) is 27.4 Å². The Labute approximate surface area is 87.9 Å². The van der Waals surface area contributed by atoms with Crippen molar-refractivity contribution in [2.75, 3.05) is 13.2 Å². The smallest absolute Gasteiger partial charge is 0.198 e. The molecule has 1 aliphatic carbocycles. The fraction of sp³-hybridized carbons (Fsp3) is 0.545. The quantitative estimate of drug-likeness (QED) is 0.698. The minimum Gasteiger partial charge on any atom is -0.373 e. The van der Waals surface area contributed by atoms with Gasteiger partial charge in [-0.05, 0) is 37.8 Å². The zero-order chi connectivity index (χ0) is 9.97. The van der Waals surface area contributed by atoms with E-state index >= 15 is 0 Å². The second-order valence-corrected chi connectivity index (χ2v) is 5.08. The molecule has 2 rings (SSSR count). The standard InChI is InChI=1S/C11H14O2S/c1-8-2-5-11(14-8)10(12)7-13-6-9-3-4-9/h2,5,9H,3-4,6-7H2,1H3. The van der Waals surface area contributed by atoms with Crippen LogP contribution >= 0.6 is 11.3 Å². The van der Waals surface area contributed by atoms with E-state index in [1.54, 1.807) is 11.3 Å². The third kappa shape index (κ3) is 2.66. The number of hydrogen-bond donors (Lipinski definition) is 0. The molecule has 0 radical (unpaired) electrons. The Morgan fingerprint density at radius 1 is 1.57 bits per heavy atom. The molecule has 2 nitrogen and oxygen atoms in total. The van der Waals surface area contributed by atoms with Crippen molar-refractivity contribution in [3.8, 4) is 0 Å². The highest BCUT2D eigenvalue weighted by Crippen LogP contribution is 2.28. The normalized spacial score (nSPS) is 15.8. The van der Waals surface area contributed by atoms with Crippen molar-refractivity contribution in [3.63, 3.8) is 0 Å². The van der Waals surface area contributed by atoms with Crippen LogP contribution in [0.3, 0.4) is 0 Å². The van der Waals surface area contributed by atoms with Crippen molar-refractivity contribution in [3.05, 3.63) is 21.9 Å². The van der Waals surface area contributed by atoms with Crippen molar-refractivity contribution in [2.45, 2.75) is 19.8 Å². The van der Waals surface area contributed by atoms with Crippen LogP contribution in [-0.2, 0) is 4.74 Å². The van der Waals surface area contributed by atoms with Crippen LogP contribution in [-0.4, -0.2) is 19.0 Å². The summed E-state index contributed by atoms with van der Waals surface area (Å²) in [6, 6.07) is 3.85. The lowest BCUT2D eigenvalue weighted by atomic mass is 10.3. The average Bonchev–Trinajstić information content (AvgIpc) is 2.87. The maximum absolute atomic E-state index is 11.5. The SMILES string of the molecule is Cc1ccc(C(=O)COCC2CC2)s1. The zero-order valence-corrected chi connectivity index (χ0v) is 9.10. The predicted molar refractivity (Wildman–Crippen MR) is 56.9 cm³/mol. The van der Waals surface area contributed by atoms with Gasteiger partial charge in [0, 0.05) is 4.88 Å². The van der Waals surface area contributed by atoms with E-state index in [1.807, 2.05) is 19.1 Å². The first-order valence-corrected chi connectivity index (χ1v) is 5.75. The third-order valence-corrected chi connectivity index (χ3v) is 3.34. The summed E-state index contributed by atoms with van der Waals surface area (Å²) in [5.41, 5.74) is 0. The summed E-state index contributed by atoms with van der Waals surface area (Å²) in [5, 5.41) is 0. The Balaban J connectivity index is 1.76. The first-order valence-electron chi connectivity index (χ1n) is 4.93. The van der Waals surface area contributed by atoms with Crippen LogP contribution in [0.15, 0.2) is 12.1 Å². The number of aryl methyl sites for hydroxylation is 1. The van der Waals surface area contributed by atoms with Gasteiger partial charge in [0.2, 0.25) is 0 Å². The molecule has 1 saturated carbocycles. The Hall–Kier alpha value is -0.670. The molecule has 0 aromatic carbocycles. The fourth-order valence-electron chi connectivity index (χ4n) is 1.26. The Morgan fingerprint density at radius 3 is 2.93 bits per heavy atom. The monoisotopic (exact) mass is 210 g/mol. The maximum atomic E-state index is 11.5. The highest BCUT2D eigenvalue weighted by molar-refractivity contribution is 7.14. The molecular weight excluding hydrogens is 196 g/mol. The van der Waals surface area contributed by atoms with Gasteiger partial charge in [-0.2, -0.15) is 0 Å². The number of rotatable bonds is 5. The van der Waals surface area contributed by atoms with E-state index in [0.717, 1.165) is 17.4 Å². The van der Waals surface area contributed by atoms with Crippen LogP contribution in [0.25, 0.3) is 0 Å². The molecule has 3 heteroatoms. The minimum atomic E-state index is 0.115. The van der Waals surface area contributed by atoms with E-state index in [1.165, 1.54) is 17.7 Å². The van der Waals surface area contributed by atoms with Gasteiger partial charge in [0.25, 0.3) is 0 Å². The molecule has 0 N–H and O–H groups in total. The molecule has 1 aromatic heterocycles.